The van der Waals surface area contributed by atoms with Crippen LogP contribution in [0.1, 0.15) is 10.5 Å². The van der Waals surface area contributed by atoms with Crippen LogP contribution in [0.5, 0.6) is 11.6 Å². The Balaban J connectivity index is 1.97. The number of benzene rings is 1. The first-order chi connectivity index (χ1) is 10.3. The zero-order chi connectivity index (χ0) is 14.7. The van der Waals surface area contributed by atoms with Gasteiger partial charge in [-0.3, -0.25) is 9.97 Å². The third-order valence-corrected chi connectivity index (χ3v) is 2.83. The van der Waals surface area contributed by atoms with Gasteiger partial charge in [-0.25, -0.2) is 9.78 Å². The maximum Gasteiger partial charge on any atom is 0.358 e. The Bertz CT molecular complexity index is 800. The van der Waals surface area contributed by atoms with Crippen LogP contribution in [0, 0.1) is 0 Å². The number of methoxy groups -OCH3 is 1. The maximum absolute atomic E-state index is 11.4. The van der Waals surface area contributed by atoms with Gasteiger partial charge in [0, 0.05) is 11.6 Å². The van der Waals surface area contributed by atoms with E-state index in [1.807, 2.05) is 24.3 Å². The molecule has 6 heteroatoms. The van der Waals surface area contributed by atoms with E-state index in [4.69, 9.17) is 4.74 Å². The summed E-state index contributed by atoms with van der Waals surface area (Å²) in [5.41, 5.74) is 0.903. The van der Waals surface area contributed by atoms with Crippen LogP contribution in [0.4, 0.5) is 0 Å². The van der Waals surface area contributed by atoms with Crippen LogP contribution in [0.3, 0.4) is 0 Å². The van der Waals surface area contributed by atoms with Crippen LogP contribution in [0.15, 0.2) is 48.9 Å². The molecular weight excluding hydrogens is 270 g/mol. The summed E-state index contributed by atoms with van der Waals surface area (Å²) < 4.78 is 10.3. The van der Waals surface area contributed by atoms with E-state index in [-0.39, 0.29) is 11.6 Å². The first-order valence-electron chi connectivity index (χ1n) is 6.20. The molecule has 0 aliphatic rings. The second kappa shape index (κ2) is 5.54. The number of pyridine rings is 1. The van der Waals surface area contributed by atoms with Crippen molar-refractivity contribution in [3.05, 3.63) is 54.6 Å². The highest BCUT2D eigenvalue weighted by molar-refractivity contribution is 5.87. The van der Waals surface area contributed by atoms with Crippen LogP contribution in [-0.4, -0.2) is 28.0 Å². The number of esters is 1. The van der Waals surface area contributed by atoms with Crippen molar-refractivity contribution in [1.29, 1.82) is 0 Å². The number of carbonyl (C=O) groups is 1. The number of ether oxygens (including phenoxy) is 2. The highest BCUT2D eigenvalue weighted by atomic mass is 16.5. The van der Waals surface area contributed by atoms with Gasteiger partial charge >= 0.3 is 5.97 Å². The molecule has 3 rings (SSSR count). The van der Waals surface area contributed by atoms with Crippen LogP contribution in [-0.2, 0) is 4.74 Å². The number of hydrogen-bond donors (Lipinski definition) is 0. The summed E-state index contributed by atoms with van der Waals surface area (Å²) in [7, 11) is 1.29. The van der Waals surface area contributed by atoms with Gasteiger partial charge in [0.15, 0.2) is 5.69 Å². The van der Waals surface area contributed by atoms with E-state index < -0.39 is 5.97 Å². The Morgan fingerprint density at radius 3 is 2.90 bits per heavy atom. The van der Waals surface area contributed by atoms with E-state index in [1.54, 1.807) is 12.3 Å². The molecule has 1 aromatic carbocycles. The quantitative estimate of drug-likeness (QED) is 0.687. The normalized spacial score (nSPS) is 10.3. The first kappa shape index (κ1) is 13.0. The molecule has 0 aliphatic heterocycles. The van der Waals surface area contributed by atoms with E-state index in [0.717, 1.165) is 10.9 Å². The fourth-order valence-electron chi connectivity index (χ4n) is 1.88. The van der Waals surface area contributed by atoms with Gasteiger partial charge in [0.25, 0.3) is 0 Å². The summed E-state index contributed by atoms with van der Waals surface area (Å²) in [6.45, 7) is 0. The minimum Gasteiger partial charge on any atom is -0.464 e. The highest BCUT2D eigenvalue weighted by Gasteiger charge is 2.10. The minimum absolute atomic E-state index is 0.0911. The Hall–Kier alpha value is -3.02. The molecule has 6 nitrogen and oxygen atoms in total. The number of fused-ring (bicyclic) bond motifs is 1. The van der Waals surface area contributed by atoms with E-state index in [1.165, 1.54) is 19.5 Å². The zero-order valence-corrected chi connectivity index (χ0v) is 11.2. The fraction of sp³-hybridized carbons (Fsp3) is 0.0667. The topological polar surface area (TPSA) is 74.2 Å². The van der Waals surface area contributed by atoms with Crippen molar-refractivity contribution in [1.82, 2.24) is 15.0 Å². The molecule has 2 aromatic heterocycles. The molecule has 0 saturated carbocycles. The minimum atomic E-state index is -0.562. The van der Waals surface area contributed by atoms with Crippen LogP contribution in [0.25, 0.3) is 10.9 Å². The maximum atomic E-state index is 11.4. The van der Waals surface area contributed by atoms with Crippen molar-refractivity contribution in [2.75, 3.05) is 7.11 Å². The lowest BCUT2D eigenvalue weighted by Crippen LogP contribution is -2.05. The van der Waals surface area contributed by atoms with E-state index >= 15 is 0 Å². The second-order valence-corrected chi connectivity index (χ2v) is 4.16. The molecule has 3 aromatic rings. The van der Waals surface area contributed by atoms with Crippen molar-refractivity contribution in [2.45, 2.75) is 0 Å². The number of carbonyl (C=O) groups excluding carboxylic acids is 1. The van der Waals surface area contributed by atoms with Gasteiger partial charge < -0.3 is 9.47 Å². The molecule has 0 N–H and O–H groups in total. The number of hydrogen-bond acceptors (Lipinski definition) is 6. The molecule has 0 amide bonds. The molecule has 0 radical (unpaired) electrons. The predicted octanol–water partition coefficient (Wildman–Crippen LogP) is 2.60. The Morgan fingerprint density at radius 2 is 2.05 bits per heavy atom. The van der Waals surface area contributed by atoms with Gasteiger partial charge in [0.1, 0.15) is 5.75 Å². The third-order valence-electron chi connectivity index (χ3n) is 2.83. The molecule has 0 bridgehead atoms. The van der Waals surface area contributed by atoms with Crippen molar-refractivity contribution in [2.24, 2.45) is 0 Å². The van der Waals surface area contributed by atoms with Gasteiger partial charge in [-0.2, -0.15) is 0 Å². The lowest BCUT2D eigenvalue weighted by Gasteiger charge is -2.07. The molecule has 0 fully saturated rings. The Morgan fingerprint density at radius 1 is 1.14 bits per heavy atom. The number of nitrogens with zero attached hydrogens (tertiary/aromatic N) is 3. The van der Waals surface area contributed by atoms with Gasteiger partial charge in [-0.1, -0.05) is 6.07 Å². The van der Waals surface area contributed by atoms with Gasteiger partial charge in [-0.05, 0) is 24.3 Å². The summed E-state index contributed by atoms with van der Waals surface area (Å²) in [5.74, 6) is 0.249. The first-order valence-corrected chi connectivity index (χ1v) is 6.20. The third kappa shape index (κ3) is 2.64. The molecule has 0 atom stereocenters. The van der Waals surface area contributed by atoms with Crippen LogP contribution in [0.2, 0.25) is 0 Å². The molecule has 0 unspecified atom stereocenters. The average molecular weight is 281 g/mol. The van der Waals surface area contributed by atoms with Crippen molar-refractivity contribution < 1.29 is 14.3 Å². The van der Waals surface area contributed by atoms with Crippen LogP contribution < -0.4 is 4.74 Å². The molecule has 2 heterocycles. The van der Waals surface area contributed by atoms with Gasteiger partial charge in [0.2, 0.25) is 5.88 Å². The molecule has 0 aliphatic carbocycles. The van der Waals surface area contributed by atoms with Crippen molar-refractivity contribution in [3.8, 4) is 11.6 Å². The predicted molar refractivity (Wildman–Crippen MR) is 75.2 cm³/mol. The van der Waals surface area contributed by atoms with Crippen molar-refractivity contribution in [3.63, 3.8) is 0 Å². The summed E-state index contributed by atoms with van der Waals surface area (Å²) in [4.78, 5) is 23.7. The SMILES string of the molecule is COC(=O)c1cncc(Oc2cccc3ncccc23)n1. The lowest BCUT2D eigenvalue weighted by molar-refractivity contribution is 0.0592. The summed E-state index contributed by atoms with van der Waals surface area (Å²) in [6, 6.07) is 9.25. The van der Waals surface area contributed by atoms with Gasteiger partial charge in [-0.15, -0.1) is 0 Å². The Labute approximate surface area is 120 Å². The molecule has 21 heavy (non-hydrogen) atoms. The summed E-state index contributed by atoms with van der Waals surface area (Å²) >= 11 is 0. The van der Waals surface area contributed by atoms with E-state index in [0.29, 0.717) is 5.75 Å². The monoisotopic (exact) mass is 281 g/mol. The molecule has 104 valence electrons. The highest BCUT2D eigenvalue weighted by Crippen LogP contribution is 2.27. The largest absolute Gasteiger partial charge is 0.464 e. The smallest absolute Gasteiger partial charge is 0.358 e. The average Bonchev–Trinajstić information content (AvgIpc) is 2.55. The van der Waals surface area contributed by atoms with E-state index in [2.05, 4.69) is 19.7 Å². The lowest BCUT2D eigenvalue weighted by atomic mass is 10.2. The second-order valence-electron chi connectivity index (χ2n) is 4.16. The van der Waals surface area contributed by atoms with Crippen LogP contribution >= 0.6 is 0 Å². The number of aromatic nitrogens is 3. The molecule has 0 saturated heterocycles. The number of rotatable bonds is 3. The van der Waals surface area contributed by atoms with Gasteiger partial charge in [0.05, 0.1) is 25.0 Å². The summed E-state index contributed by atoms with van der Waals surface area (Å²) in [5, 5.41) is 0.852. The van der Waals surface area contributed by atoms with E-state index in [9.17, 15) is 4.79 Å². The molecular formula is C15H11N3O3. The van der Waals surface area contributed by atoms with Crippen molar-refractivity contribution >= 4 is 16.9 Å². The fourth-order valence-corrected chi connectivity index (χ4v) is 1.88. The molecule has 0 spiro atoms. The standard InChI is InChI=1S/C15H11N3O3/c1-20-15(19)12-8-16-9-14(18-12)21-13-6-2-5-11-10(13)4-3-7-17-11/h2-9H,1H3. The Kier molecular flexibility index (Phi) is 3.42. The zero-order valence-electron chi connectivity index (χ0n) is 11.2. The summed E-state index contributed by atoms with van der Waals surface area (Å²) in [6.07, 6.45) is 4.47.